The van der Waals surface area contributed by atoms with Gasteiger partial charge < -0.3 is 0 Å². The molecule has 0 aromatic carbocycles. The Morgan fingerprint density at radius 3 is 2.31 bits per heavy atom. The molecule has 0 aliphatic heterocycles. The van der Waals surface area contributed by atoms with Gasteiger partial charge in [-0.15, -0.1) is 0 Å². The number of alkyl halides is 5. The van der Waals surface area contributed by atoms with Gasteiger partial charge in [-0.05, 0) is 0 Å². The first-order valence-electron chi connectivity index (χ1n) is 4.75. The molecule has 0 amide bonds. The molecule has 0 aromatic rings. The average Bonchev–Trinajstić information content (AvgIpc) is 2.16. The minimum Gasteiger partial charge on any atom is -0.287 e. The summed E-state index contributed by atoms with van der Waals surface area (Å²) in [5.74, 6) is -4.05. The van der Waals surface area contributed by atoms with Crippen LogP contribution < -0.4 is 0 Å². The highest BCUT2D eigenvalue weighted by Gasteiger charge is 2.41. The van der Waals surface area contributed by atoms with Crippen LogP contribution in [0.15, 0.2) is 0 Å². The zero-order valence-electron chi connectivity index (χ0n) is 8.69. The van der Waals surface area contributed by atoms with E-state index < -0.39 is 31.4 Å². The summed E-state index contributed by atoms with van der Waals surface area (Å²) in [6.45, 7) is 1.57. The summed E-state index contributed by atoms with van der Waals surface area (Å²) in [6, 6.07) is 0. The van der Waals surface area contributed by atoms with Crippen molar-refractivity contribution in [1.82, 2.24) is 0 Å². The smallest absolute Gasteiger partial charge is 0.279 e. The molecule has 0 rings (SSSR count). The summed E-state index contributed by atoms with van der Waals surface area (Å²) in [5.41, 5.74) is 0. The molecular weight excluding hydrogens is 251 g/mol. The summed E-state index contributed by atoms with van der Waals surface area (Å²) in [5, 5.41) is -0.278. The second-order valence-electron chi connectivity index (χ2n) is 3.18. The monoisotopic (exact) mass is 264 g/mol. The van der Waals surface area contributed by atoms with Gasteiger partial charge in [0.05, 0.1) is 0 Å². The van der Waals surface area contributed by atoms with Crippen LogP contribution in [0.25, 0.3) is 0 Å². The van der Waals surface area contributed by atoms with Gasteiger partial charge in [-0.25, -0.2) is 22.0 Å². The quantitative estimate of drug-likeness (QED) is 0.652. The molecule has 0 aliphatic rings. The van der Waals surface area contributed by atoms with Crippen LogP contribution in [0.2, 0.25) is 0 Å². The fraction of sp³-hybridized carbons (Fsp3) is 0.889. The van der Waals surface area contributed by atoms with Crippen molar-refractivity contribution in [2.24, 2.45) is 0 Å². The lowest BCUT2D eigenvalue weighted by molar-refractivity contribution is -0.110. The molecule has 0 aliphatic carbocycles. The van der Waals surface area contributed by atoms with E-state index in [4.69, 9.17) is 0 Å². The number of rotatable bonds is 7. The molecule has 0 saturated heterocycles. The molecule has 1 unspecified atom stereocenters. The van der Waals surface area contributed by atoms with Crippen molar-refractivity contribution in [3.63, 3.8) is 0 Å². The number of carbonyl (C=O) groups is 1. The van der Waals surface area contributed by atoms with Gasteiger partial charge in [-0.1, -0.05) is 18.7 Å². The van der Waals surface area contributed by atoms with Crippen LogP contribution in [0, 0.1) is 0 Å². The summed E-state index contributed by atoms with van der Waals surface area (Å²) in [6.07, 6.45) is -8.13. The minimum atomic E-state index is -3.79. The third kappa shape index (κ3) is 6.30. The van der Waals surface area contributed by atoms with Crippen molar-refractivity contribution >= 4 is 16.9 Å². The summed E-state index contributed by atoms with van der Waals surface area (Å²) >= 11 is 0.667. The van der Waals surface area contributed by atoms with Crippen molar-refractivity contribution in [2.45, 2.75) is 44.7 Å². The summed E-state index contributed by atoms with van der Waals surface area (Å²) < 4.78 is 61.9. The second kappa shape index (κ2) is 7.09. The number of halogens is 5. The van der Waals surface area contributed by atoms with Gasteiger partial charge in [-0.3, -0.25) is 4.79 Å². The van der Waals surface area contributed by atoms with E-state index in [0.29, 0.717) is 11.8 Å². The van der Waals surface area contributed by atoms with Crippen LogP contribution in [0.3, 0.4) is 0 Å². The zero-order chi connectivity index (χ0) is 12.8. The first-order valence-corrected chi connectivity index (χ1v) is 5.73. The van der Waals surface area contributed by atoms with Gasteiger partial charge in [-0.2, -0.15) is 0 Å². The van der Waals surface area contributed by atoms with E-state index in [2.05, 4.69) is 0 Å². The summed E-state index contributed by atoms with van der Waals surface area (Å²) in [7, 11) is 0. The van der Waals surface area contributed by atoms with Crippen LogP contribution in [0.1, 0.15) is 26.2 Å². The van der Waals surface area contributed by atoms with E-state index in [1.54, 1.807) is 6.92 Å². The molecule has 0 heterocycles. The van der Waals surface area contributed by atoms with Gasteiger partial charge in [0.2, 0.25) is 6.43 Å². The SMILES string of the molecule is CCC(=O)SCCC(F)(F)C(F)CC(F)F. The van der Waals surface area contributed by atoms with Gasteiger partial charge in [0.25, 0.3) is 5.92 Å². The predicted octanol–water partition coefficient (Wildman–Crippen LogP) is 3.67. The van der Waals surface area contributed by atoms with Crippen molar-refractivity contribution in [3.8, 4) is 0 Å². The maximum Gasteiger partial charge on any atom is 0.279 e. The largest absolute Gasteiger partial charge is 0.287 e. The van der Waals surface area contributed by atoms with E-state index in [1.165, 1.54) is 0 Å². The van der Waals surface area contributed by atoms with Crippen LogP contribution in [0.5, 0.6) is 0 Å². The molecule has 0 N–H and O–H groups in total. The van der Waals surface area contributed by atoms with Crippen LogP contribution in [0.4, 0.5) is 22.0 Å². The van der Waals surface area contributed by atoms with E-state index in [0.717, 1.165) is 0 Å². The molecule has 0 radical (unpaired) electrons. The highest BCUT2D eigenvalue weighted by molar-refractivity contribution is 8.13. The van der Waals surface area contributed by atoms with Crippen molar-refractivity contribution < 1.29 is 26.7 Å². The van der Waals surface area contributed by atoms with Crippen molar-refractivity contribution in [3.05, 3.63) is 0 Å². The lowest BCUT2D eigenvalue weighted by atomic mass is 10.1. The number of carbonyl (C=O) groups excluding carboxylic acids is 1. The fourth-order valence-corrected chi connectivity index (χ4v) is 1.69. The van der Waals surface area contributed by atoms with Gasteiger partial charge in [0.15, 0.2) is 11.3 Å². The highest BCUT2D eigenvalue weighted by Crippen LogP contribution is 2.31. The third-order valence-electron chi connectivity index (χ3n) is 1.83. The molecule has 16 heavy (non-hydrogen) atoms. The third-order valence-corrected chi connectivity index (χ3v) is 2.85. The highest BCUT2D eigenvalue weighted by atomic mass is 32.2. The van der Waals surface area contributed by atoms with Crippen LogP contribution >= 0.6 is 11.8 Å². The van der Waals surface area contributed by atoms with E-state index in [1.807, 2.05) is 0 Å². The topological polar surface area (TPSA) is 17.1 Å². The standard InChI is InChI=1S/C9H13F5OS/c1-2-8(15)16-4-3-9(13,14)6(10)5-7(11)12/h6-7H,2-5H2,1H3. The Morgan fingerprint density at radius 2 is 1.88 bits per heavy atom. The lowest BCUT2D eigenvalue weighted by Crippen LogP contribution is -2.32. The predicted molar refractivity (Wildman–Crippen MR) is 52.8 cm³/mol. The molecule has 96 valence electrons. The number of hydrogen-bond acceptors (Lipinski definition) is 2. The first kappa shape index (κ1) is 15.7. The first-order chi connectivity index (χ1) is 7.29. The Balaban J connectivity index is 3.98. The molecule has 1 atom stereocenters. The van der Waals surface area contributed by atoms with Crippen molar-refractivity contribution in [2.75, 3.05) is 5.75 Å². The Labute approximate surface area is 94.8 Å². The minimum absolute atomic E-state index is 0.201. The van der Waals surface area contributed by atoms with Gasteiger partial charge in [0.1, 0.15) is 0 Å². The van der Waals surface area contributed by atoms with E-state index >= 15 is 0 Å². The van der Waals surface area contributed by atoms with Gasteiger partial charge >= 0.3 is 0 Å². The Kier molecular flexibility index (Phi) is 6.94. The second-order valence-corrected chi connectivity index (χ2v) is 4.33. The van der Waals surface area contributed by atoms with E-state index in [-0.39, 0.29) is 17.3 Å². The molecule has 0 fully saturated rings. The Bertz CT molecular complexity index is 222. The number of thioether (sulfide) groups is 1. The zero-order valence-corrected chi connectivity index (χ0v) is 9.51. The Morgan fingerprint density at radius 1 is 1.31 bits per heavy atom. The van der Waals surface area contributed by atoms with Gasteiger partial charge in [0, 0.05) is 25.0 Å². The lowest BCUT2D eigenvalue weighted by Gasteiger charge is -2.19. The number of hydrogen-bond donors (Lipinski definition) is 0. The molecule has 0 spiro atoms. The normalized spacial score (nSPS) is 14.2. The molecule has 0 aromatic heterocycles. The maximum absolute atomic E-state index is 12.9. The molecular formula is C9H13F5OS. The fourth-order valence-electron chi connectivity index (χ4n) is 0.888. The Hall–Kier alpha value is -0.330. The average molecular weight is 264 g/mol. The molecule has 1 nitrogen and oxygen atoms in total. The van der Waals surface area contributed by atoms with Crippen molar-refractivity contribution in [1.29, 1.82) is 0 Å². The van der Waals surface area contributed by atoms with Crippen LogP contribution in [-0.2, 0) is 4.79 Å². The molecule has 7 heteroatoms. The molecule has 0 saturated carbocycles. The maximum atomic E-state index is 12.9. The van der Waals surface area contributed by atoms with E-state index in [9.17, 15) is 26.7 Å². The molecule has 0 bridgehead atoms. The summed E-state index contributed by atoms with van der Waals surface area (Å²) in [4.78, 5) is 10.7. The van der Waals surface area contributed by atoms with Crippen LogP contribution in [-0.4, -0.2) is 29.4 Å².